The van der Waals surface area contributed by atoms with Gasteiger partial charge in [0.15, 0.2) is 0 Å². The fourth-order valence-electron chi connectivity index (χ4n) is 4.80. The topological polar surface area (TPSA) is 83.5 Å². The van der Waals surface area contributed by atoms with Crippen LogP contribution in [0.3, 0.4) is 0 Å². The van der Waals surface area contributed by atoms with Crippen LogP contribution in [0.2, 0.25) is 0 Å². The largest absolute Gasteiger partial charge is 0.481 e. The van der Waals surface area contributed by atoms with Crippen molar-refractivity contribution in [3.8, 4) is 0 Å². The lowest BCUT2D eigenvalue weighted by atomic mass is 9.62. The van der Waals surface area contributed by atoms with Gasteiger partial charge in [-0.2, -0.15) is 13.2 Å². The number of nitrogens with one attached hydrogen (secondary N) is 1. The Morgan fingerprint density at radius 3 is 2.69 bits per heavy atom. The number of fused-ring (bicyclic) bond motifs is 3. The summed E-state index contributed by atoms with van der Waals surface area (Å²) < 4.78 is 66.5. The lowest BCUT2D eigenvalue weighted by Gasteiger charge is -2.46. The molecule has 4 unspecified atom stereocenters. The zero-order valence-electron chi connectivity index (χ0n) is 17.6. The van der Waals surface area contributed by atoms with E-state index >= 15 is 0 Å². The highest BCUT2D eigenvalue weighted by Gasteiger charge is 2.42. The third-order valence-electron chi connectivity index (χ3n) is 6.28. The third-order valence-corrected chi connectivity index (χ3v) is 7.41. The Balaban J connectivity index is 1.62. The van der Waals surface area contributed by atoms with Gasteiger partial charge in [0.05, 0.1) is 5.56 Å². The molecule has 3 fully saturated rings. The fourth-order valence-corrected chi connectivity index (χ4v) is 5.91. The van der Waals surface area contributed by atoms with Crippen molar-refractivity contribution in [3.05, 3.63) is 53.0 Å². The van der Waals surface area contributed by atoms with Crippen molar-refractivity contribution in [1.29, 1.82) is 0 Å². The molecule has 1 aromatic rings. The number of carboxylic acids is 1. The molecule has 2 N–H and O–H groups in total. The van der Waals surface area contributed by atoms with Crippen LogP contribution in [0.1, 0.15) is 56.1 Å². The predicted molar refractivity (Wildman–Crippen MR) is 116 cm³/mol. The van der Waals surface area contributed by atoms with Gasteiger partial charge in [0.2, 0.25) is 10.0 Å². The number of halogens is 3. The Morgan fingerprint density at radius 2 is 2.00 bits per heavy atom. The second-order valence-electron chi connectivity index (χ2n) is 8.65. The van der Waals surface area contributed by atoms with E-state index in [-0.39, 0.29) is 29.9 Å². The monoisotopic (exact) mass is 471 g/mol. The average Bonchev–Trinajstić information content (AvgIpc) is 2.72. The van der Waals surface area contributed by atoms with E-state index in [1.54, 1.807) is 0 Å². The first-order chi connectivity index (χ1) is 15.0. The molecule has 3 aliphatic rings. The fraction of sp³-hybridized carbons (Fsp3) is 0.522. The number of allylic oxidation sites excluding steroid dienone is 2. The normalized spacial score (nSPS) is 26.2. The number of carboxylic acid groups (broad SMARTS) is 1. The number of rotatable bonds is 9. The summed E-state index contributed by atoms with van der Waals surface area (Å²) in [7, 11) is -3.81. The molecule has 3 saturated carbocycles. The molecule has 176 valence electrons. The van der Waals surface area contributed by atoms with Crippen molar-refractivity contribution in [2.75, 3.05) is 0 Å². The summed E-state index contributed by atoms with van der Waals surface area (Å²) in [6.45, 7) is 0. The van der Waals surface area contributed by atoms with Gasteiger partial charge in [-0.25, -0.2) is 13.1 Å². The molecule has 0 aliphatic heterocycles. The van der Waals surface area contributed by atoms with E-state index in [0.29, 0.717) is 18.8 Å². The van der Waals surface area contributed by atoms with Gasteiger partial charge in [0.1, 0.15) is 0 Å². The van der Waals surface area contributed by atoms with E-state index in [4.69, 9.17) is 5.11 Å². The van der Waals surface area contributed by atoms with E-state index in [9.17, 15) is 26.4 Å². The molecule has 0 saturated heterocycles. The molecule has 0 amide bonds. The van der Waals surface area contributed by atoms with Gasteiger partial charge in [-0.15, -0.1) is 0 Å². The van der Waals surface area contributed by atoms with E-state index in [1.165, 1.54) is 18.2 Å². The summed E-state index contributed by atoms with van der Waals surface area (Å²) >= 11 is 0. The minimum absolute atomic E-state index is 0.127. The molecular weight excluding hydrogens is 443 g/mol. The second-order valence-corrected chi connectivity index (χ2v) is 10.2. The van der Waals surface area contributed by atoms with Crippen LogP contribution in [0.4, 0.5) is 13.2 Å². The Morgan fingerprint density at radius 1 is 1.22 bits per heavy atom. The van der Waals surface area contributed by atoms with Gasteiger partial charge >= 0.3 is 12.1 Å². The highest BCUT2D eigenvalue weighted by molar-refractivity contribution is 7.92. The first kappa shape index (κ1) is 24.5. The minimum Gasteiger partial charge on any atom is -0.481 e. The standard InChI is InChI=1S/C23H28F3NO4S/c24-23(25,26)19-7-4-5-16(14-19)11-12-32(30,31)27-21-15-17-9-10-20(21)18(13-17)6-2-1-3-8-22(28)29/h2,4-7,11-12,14,17-18,20-21,27H,1,3,8-10,13,15H2,(H,28,29). The highest BCUT2D eigenvalue weighted by Crippen LogP contribution is 2.46. The number of hydrogen-bond acceptors (Lipinski definition) is 3. The van der Waals surface area contributed by atoms with Gasteiger partial charge in [-0.1, -0.05) is 30.7 Å². The number of sulfonamides is 1. The number of aliphatic carboxylic acids is 1. The predicted octanol–water partition coefficient (Wildman–Crippen LogP) is 5.21. The summed E-state index contributed by atoms with van der Waals surface area (Å²) in [6.07, 6.45) is 5.89. The third kappa shape index (κ3) is 6.93. The smallest absolute Gasteiger partial charge is 0.416 e. The lowest BCUT2D eigenvalue weighted by molar-refractivity contribution is -0.138. The SMILES string of the molecule is O=C(O)CCCC=CC1CC2CCC1C(NS(=O)(=O)C=Cc1cccc(C(F)(F)F)c1)C2. The van der Waals surface area contributed by atoms with Crippen LogP contribution in [0.25, 0.3) is 6.08 Å². The van der Waals surface area contributed by atoms with Gasteiger partial charge in [0.25, 0.3) is 0 Å². The van der Waals surface area contributed by atoms with Crippen molar-refractivity contribution >= 4 is 22.1 Å². The van der Waals surface area contributed by atoms with Crippen molar-refractivity contribution in [3.63, 3.8) is 0 Å². The van der Waals surface area contributed by atoms with E-state index in [2.05, 4.69) is 10.8 Å². The van der Waals surface area contributed by atoms with Gasteiger partial charge in [-0.05, 0) is 73.6 Å². The van der Waals surface area contributed by atoms with Gasteiger partial charge in [0, 0.05) is 17.9 Å². The number of hydrogen-bond donors (Lipinski definition) is 2. The Hall–Kier alpha value is -2.13. The van der Waals surface area contributed by atoms with E-state index in [1.807, 2.05) is 6.08 Å². The Bertz CT molecular complexity index is 972. The molecule has 3 aliphatic carbocycles. The first-order valence-corrected chi connectivity index (χ1v) is 12.3. The maximum Gasteiger partial charge on any atom is 0.416 e. The van der Waals surface area contributed by atoms with Gasteiger partial charge in [-0.3, -0.25) is 4.79 Å². The van der Waals surface area contributed by atoms with Crippen LogP contribution in [-0.2, 0) is 21.0 Å². The molecule has 5 nitrogen and oxygen atoms in total. The molecule has 4 atom stereocenters. The Kier molecular flexibility index (Phi) is 7.82. The zero-order chi connectivity index (χ0) is 23.4. The maximum atomic E-state index is 12.9. The van der Waals surface area contributed by atoms with Crippen LogP contribution in [0.5, 0.6) is 0 Å². The molecular formula is C23H28F3NO4S. The van der Waals surface area contributed by atoms with Crippen LogP contribution in [0.15, 0.2) is 41.8 Å². The quantitative estimate of drug-likeness (QED) is 0.383. The van der Waals surface area contributed by atoms with Gasteiger partial charge < -0.3 is 5.11 Å². The summed E-state index contributed by atoms with van der Waals surface area (Å²) in [5.74, 6) is 0.0107. The molecule has 0 spiro atoms. The molecule has 32 heavy (non-hydrogen) atoms. The Labute approximate surface area is 186 Å². The molecule has 1 aromatic carbocycles. The minimum atomic E-state index is -4.49. The van der Waals surface area contributed by atoms with Crippen molar-refractivity contribution in [2.45, 2.75) is 57.2 Å². The molecule has 0 aromatic heterocycles. The van der Waals surface area contributed by atoms with E-state index < -0.39 is 27.7 Å². The summed E-state index contributed by atoms with van der Waals surface area (Å²) in [6, 6.07) is 4.32. The number of benzene rings is 1. The molecule has 0 heterocycles. The van der Waals surface area contributed by atoms with Crippen molar-refractivity contribution in [2.24, 2.45) is 17.8 Å². The van der Waals surface area contributed by atoms with Crippen molar-refractivity contribution in [1.82, 2.24) is 4.72 Å². The molecule has 0 radical (unpaired) electrons. The van der Waals surface area contributed by atoms with Crippen molar-refractivity contribution < 1.29 is 31.5 Å². The molecule has 2 bridgehead atoms. The second kappa shape index (κ2) is 10.2. The van der Waals surface area contributed by atoms with Crippen LogP contribution >= 0.6 is 0 Å². The van der Waals surface area contributed by atoms with Crippen LogP contribution in [0, 0.1) is 17.8 Å². The zero-order valence-corrected chi connectivity index (χ0v) is 18.4. The molecule has 9 heteroatoms. The maximum absolute atomic E-state index is 12.9. The number of carbonyl (C=O) groups is 1. The van der Waals surface area contributed by atoms with Crippen LogP contribution in [-0.4, -0.2) is 25.5 Å². The molecule has 4 rings (SSSR count). The average molecular weight is 472 g/mol. The lowest BCUT2D eigenvalue weighted by Crippen LogP contribution is -2.49. The summed E-state index contributed by atoms with van der Waals surface area (Å²) in [4.78, 5) is 10.6. The first-order valence-electron chi connectivity index (χ1n) is 10.8. The van der Waals surface area contributed by atoms with E-state index in [0.717, 1.165) is 43.2 Å². The highest BCUT2D eigenvalue weighted by atomic mass is 32.2. The number of alkyl halides is 3. The van der Waals surface area contributed by atoms with Crippen LogP contribution < -0.4 is 4.72 Å². The number of unbranched alkanes of at least 4 members (excludes halogenated alkanes) is 1. The summed E-state index contributed by atoms with van der Waals surface area (Å²) in [5, 5.41) is 9.64. The summed E-state index contributed by atoms with van der Waals surface area (Å²) in [5.41, 5.74) is -0.662.